The zero-order valence-electron chi connectivity index (χ0n) is 14.3. The van der Waals surface area contributed by atoms with Gasteiger partial charge in [-0.15, -0.1) is 0 Å². The van der Waals surface area contributed by atoms with Crippen LogP contribution in [0.15, 0.2) is 54.6 Å². The first kappa shape index (κ1) is 17.7. The van der Waals surface area contributed by atoms with E-state index in [2.05, 4.69) is 20.6 Å². The molecule has 3 aromatic rings. The second kappa shape index (κ2) is 7.84. The van der Waals surface area contributed by atoms with Gasteiger partial charge in [-0.25, -0.2) is 4.79 Å². The highest BCUT2D eigenvalue weighted by molar-refractivity contribution is 6.30. The van der Waals surface area contributed by atoms with Crippen LogP contribution in [0.25, 0.3) is 0 Å². The van der Waals surface area contributed by atoms with Crippen LogP contribution >= 0.6 is 11.6 Å². The number of nitrogens with zero attached hydrogens (tertiary/aromatic N) is 2. The van der Waals surface area contributed by atoms with Crippen LogP contribution in [0.3, 0.4) is 0 Å². The molecule has 0 atom stereocenters. The molecule has 0 radical (unpaired) electrons. The maximum atomic E-state index is 12.2. The SMILES string of the molecule is Cc1nc(Oc2ccccc2)nc(C)c1NC(=O)Nc1cccc(Cl)c1. The van der Waals surface area contributed by atoms with Crippen LogP contribution < -0.4 is 15.4 Å². The van der Waals surface area contributed by atoms with Gasteiger partial charge in [-0.3, -0.25) is 0 Å². The molecule has 3 rings (SSSR count). The molecule has 6 nitrogen and oxygen atoms in total. The number of aromatic nitrogens is 2. The van der Waals surface area contributed by atoms with Gasteiger partial charge < -0.3 is 15.4 Å². The van der Waals surface area contributed by atoms with Crippen molar-refractivity contribution in [2.75, 3.05) is 10.6 Å². The Morgan fingerprint density at radius 2 is 1.65 bits per heavy atom. The summed E-state index contributed by atoms with van der Waals surface area (Å²) in [5.41, 5.74) is 2.33. The summed E-state index contributed by atoms with van der Waals surface area (Å²) < 4.78 is 5.64. The molecular formula is C19H17ClN4O2. The maximum Gasteiger partial charge on any atom is 0.323 e. The minimum atomic E-state index is -0.404. The Labute approximate surface area is 156 Å². The largest absolute Gasteiger partial charge is 0.424 e. The lowest BCUT2D eigenvalue weighted by Gasteiger charge is -2.13. The summed E-state index contributed by atoms with van der Waals surface area (Å²) in [6.07, 6.45) is 0. The molecule has 0 unspecified atom stereocenters. The zero-order chi connectivity index (χ0) is 18.5. The minimum Gasteiger partial charge on any atom is -0.424 e. The van der Waals surface area contributed by atoms with E-state index in [1.807, 2.05) is 30.3 Å². The third-order valence-electron chi connectivity index (χ3n) is 3.52. The Bertz CT molecular complexity index is 909. The molecule has 0 bridgehead atoms. The van der Waals surface area contributed by atoms with Crippen LogP contribution in [0.4, 0.5) is 16.2 Å². The molecule has 0 aliphatic rings. The van der Waals surface area contributed by atoms with E-state index in [1.54, 1.807) is 38.1 Å². The van der Waals surface area contributed by atoms with Crippen LogP contribution in [0.5, 0.6) is 11.8 Å². The number of hydrogen-bond donors (Lipinski definition) is 2. The number of para-hydroxylation sites is 1. The Morgan fingerprint density at radius 3 is 2.31 bits per heavy atom. The molecule has 2 N–H and O–H groups in total. The van der Waals surface area contributed by atoms with Crippen molar-refractivity contribution in [2.45, 2.75) is 13.8 Å². The van der Waals surface area contributed by atoms with Gasteiger partial charge in [0, 0.05) is 10.7 Å². The first-order valence-electron chi connectivity index (χ1n) is 7.93. The number of anilines is 2. The summed E-state index contributed by atoms with van der Waals surface area (Å²) in [5, 5.41) is 6.03. The number of aryl methyl sites for hydroxylation is 2. The van der Waals surface area contributed by atoms with Gasteiger partial charge in [0.2, 0.25) is 0 Å². The standard InChI is InChI=1S/C19H17ClN4O2/c1-12-17(24-18(25)23-15-8-6-7-14(20)11-15)13(2)22-19(21-12)26-16-9-4-3-5-10-16/h3-11H,1-2H3,(H2,23,24,25). The molecule has 132 valence electrons. The predicted octanol–water partition coefficient (Wildman–Crippen LogP) is 5.18. The van der Waals surface area contributed by atoms with Crippen molar-refractivity contribution in [2.24, 2.45) is 0 Å². The van der Waals surface area contributed by atoms with Crippen molar-refractivity contribution in [3.8, 4) is 11.8 Å². The van der Waals surface area contributed by atoms with E-state index in [0.717, 1.165) is 0 Å². The number of urea groups is 1. The number of ether oxygens (including phenoxy) is 1. The Hall–Kier alpha value is -3.12. The Morgan fingerprint density at radius 1 is 0.962 bits per heavy atom. The molecule has 7 heteroatoms. The van der Waals surface area contributed by atoms with Crippen molar-refractivity contribution in [1.29, 1.82) is 0 Å². The lowest BCUT2D eigenvalue weighted by atomic mass is 10.3. The molecular weight excluding hydrogens is 352 g/mol. The Balaban J connectivity index is 1.73. The molecule has 0 aliphatic carbocycles. The van der Waals surface area contributed by atoms with E-state index in [-0.39, 0.29) is 6.01 Å². The van der Waals surface area contributed by atoms with Gasteiger partial charge in [0.1, 0.15) is 5.75 Å². The molecule has 0 aliphatic heterocycles. The molecule has 2 aromatic carbocycles. The average Bonchev–Trinajstić information content (AvgIpc) is 2.59. The number of halogens is 1. The molecule has 0 saturated carbocycles. The number of nitrogens with one attached hydrogen (secondary N) is 2. The van der Waals surface area contributed by atoms with Crippen molar-refractivity contribution in [1.82, 2.24) is 9.97 Å². The van der Waals surface area contributed by atoms with Crippen molar-refractivity contribution < 1.29 is 9.53 Å². The molecule has 1 aromatic heterocycles. The number of amides is 2. The third-order valence-corrected chi connectivity index (χ3v) is 3.76. The van der Waals surface area contributed by atoms with Gasteiger partial charge >= 0.3 is 12.0 Å². The van der Waals surface area contributed by atoms with Crippen LogP contribution in [0.2, 0.25) is 5.02 Å². The lowest BCUT2D eigenvalue weighted by Crippen LogP contribution is -2.21. The highest BCUT2D eigenvalue weighted by Crippen LogP contribution is 2.23. The third kappa shape index (κ3) is 4.49. The van der Waals surface area contributed by atoms with E-state index in [9.17, 15) is 4.79 Å². The summed E-state index contributed by atoms with van der Waals surface area (Å²) >= 11 is 5.92. The molecule has 2 amide bonds. The summed E-state index contributed by atoms with van der Waals surface area (Å²) in [7, 11) is 0. The molecule has 0 fully saturated rings. The van der Waals surface area contributed by atoms with E-state index in [4.69, 9.17) is 16.3 Å². The van der Waals surface area contributed by atoms with E-state index in [0.29, 0.717) is 33.5 Å². The summed E-state index contributed by atoms with van der Waals surface area (Å²) in [5.74, 6) is 0.644. The molecule has 1 heterocycles. The Kier molecular flexibility index (Phi) is 5.34. The zero-order valence-corrected chi connectivity index (χ0v) is 15.0. The first-order chi connectivity index (χ1) is 12.5. The normalized spacial score (nSPS) is 10.3. The minimum absolute atomic E-state index is 0.229. The van der Waals surface area contributed by atoms with Crippen molar-refractivity contribution in [3.05, 3.63) is 71.0 Å². The smallest absolute Gasteiger partial charge is 0.323 e. The lowest BCUT2D eigenvalue weighted by molar-refractivity contribution is 0.262. The van der Waals surface area contributed by atoms with Gasteiger partial charge in [-0.2, -0.15) is 9.97 Å². The predicted molar refractivity (Wildman–Crippen MR) is 102 cm³/mol. The van der Waals surface area contributed by atoms with Crippen LogP contribution in [0, 0.1) is 13.8 Å². The molecule has 26 heavy (non-hydrogen) atoms. The number of benzene rings is 2. The van der Waals surface area contributed by atoms with Crippen LogP contribution in [0.1, 0.15) is 11.4 Å². The fourth-order valence-electron chi connectivity index (χ4n) is 2.35. The first-order valence-corrected chi connectivity index (χ1v) is 8.31. The van der Waals surface area contributed by atoms with Gasteiger partial charge in [0.05, 0.1) is 17.1 Å². The van der Waals surface area contributed by atoms with Crippen LogP contribution in [-0.4, -0.2) is 16.0 Å². The fraction of sp³-hybridized carbons (Fsp3) is 0.105. The summed E-state index contributed by atoms with van der Waals surface area (Å²) in [6, 6.07) is 16.0. The van der Waals surface area contributed by atoms with Gasteiger partial charge in [-0.05, 0) is 44.2 Å². The average molecular weight is 369 g/mol. The summed E-state index contributed by atoms with van der Waals surface area (Å²) in [6.45, 7) is 3.56. The highest BCUT2D eigenvalue weighted by atomic mass is 35.5. The topological polar surface area (TPSA) is 76.1 Å². The van der Waals surface area contributed by atoms with Crippen LogP contribution in [-0.2, 0) is 0 Å². The fourth-order valence-corrected chi connectivity index (χ4v) is 2.54. The van der Waals surface area contributed by atoms with Gasteiger partial charge in [0.15, 0.2) is 0 Å². The van der Waals surface area contributed by atoms with E-state index >= 15 is 0 Å². The van der Waals surface area contributed by atoms with Crippen molar-refractivity contribution in [3.63, 3.8) is 0 Å². The van der Waals surface area contributed by atoms with E-state index < -0.39 is 6.03 Å². The van der Waals surface area contributed by atoms with E-state index in [1.165, 1.54) is 0 Å². The van der Waals surface area contributed by atoms with Gasteiger partial charge in [-0.1, -0.05) is 35.9 Å². The second-order valence-electron chi connectivity index (χ2n) is 5.56. The van der Waals surface area contributed by atoms with Gasteiger partial charge in [0.25, 0.3) is 0 Å². The number of hydrogen-bond acceptors (Lipinski definition) is 4. The summed E-state index contributed by atoms with van der Waals surface area (Å²) in [4.78, 5) is 20.8. The molecule has 0 spiro atoms. The number of rotatable bonds is 4. The number of carbonyl (C=O) groups excluding carboxylic acids is 1. The van der Waals surface area contributed by atoms with Crippen molar-refractivity contribution >= 4 is 29.0 Å². The highest BCUT2D eigenvalue weighted by Gasteiger charge is 2.13. The second-order valence-corrected chi connectivity index (χ2v) is 5.99. The quantitative estimate of drug-likeness (QED) is 0.665. The molecule has 0 saturated heterocycles. The number of carbonyl (C=O) groups is 1. The maximum absolute atomic E-state index is 12.2. The monoisotopic (exact) mass is 368 g/mol.